The molecule has 0 aliphatic rings. The SMILES string of the molecule is CC(CCC(=O)O)Nc1ncc([N+](=O)[O-])cc1C#N. The number of nitriles is 1. The highest BCUT2D eigenvalue weighted by Crippen LogP contribution is 2.19. The summed E-state index contributed by atoms with van der Waals surface area (Å²) in [7, 11) is 0. The fraction of sp³-hybridized carbons (Fsp3) is 0.364. The summed E-state index contributed by atoms with van der Waals surface area (Å²) < 4.78 is 0. The van der Waals surface area contributed by atoms with E-state index in [0.29, 0.717) is 6.42 Å². The van der Waals surface area contributed by atoms with Crippen molar-refractivity contribution < 1.29 is 14.8 Å². The zero-order valence-electron chi connectivity index (χ0n) is 10.2. The van der Waals surface area contributed by atoms with Crippen LogP contribution in [0.1, 0.15) is 25.3 Å². The summed E-state index contributed by atoms with van der Waals surface area (Å²) in [6, 6.07) is 2.73. The Balaban J connectivity index is 2.81. The summed E-state index contributed by atoms with van der Waals surface area (Å²) in [5, 5.41) is 30.9. The predicted octanol–water partition coefficient (Wildman–Crippen LogP) is 1.53. The third-order valence-corrected chi connectivity index (χ3v) is 2.38. The Morgan fingerprint density at radius 2 is 2.42 bits per heavy atom. The van der Waals surface area contributed by atoms with Crippen LogP contribution >= 0.6 is 0 Å². The zero-order chi connectivity index (χ0) is 14.4. The van der Waals surface area contributed by atoms with E-state index in [2.05, 4.69) is 10.3 Å². The maximum Gasteiger partial charge on any atom is 0.303 e. The molecule has 0 aromatic carbocycles. The molecule has 0 spiro atoms. The molecule has 19 heavy (non-hydrogen) atoms. The smallest absolute Gasteiger partial charge is 0.303 e. The highest BCUT2D eigenvalue weighted by Gasteiger charge is 2.14. The second kappa shape index (κ2) is 6.30. The minimum absolute atomic E-state index is 0.0109. The summed E-state index contributed by atoms with van der Waals surface area (Å²) in [5.41, 5.74) is -0.211. The predicted molar refractivity (Wildman–Crippen MR) is 65.6 cm³/mol. The molecule has 1 atom stereocenters. The largest absolute Gasteiger partial charge is 0.481 e. The molecule has 0 amide bonds. The van der Waals surface area contributed by atoms with E-state index < -0.39 is 10.9 Å². The first-order chi connectivity index (χ1) is 8.93. The van der Waals surface area contributed by atoms with Crippen LogP contribution in [-0.2, 0) is 4.79 Å². The highest BCUT2D eigenvalue weighted by atomic mass is 16.6. The lowest BCUT2D eigenvalue weighted by atomic mass is 10.1. The Bertz CT molecular complexity index is 538. The third-order valence-electron chi connectivity index (χ3n) is 2.38. The standard InChI is InChI=1S/C11H12N4O4/c1-7(2-3-10(16)17)14-11-8(5-12)4-9(6-13-11)15(18)19/h4,6-7H,2-3H2,1H3,(H,13,14)(H,16,17). The van der Waals surface area contributed by atoms with Crippen LogP contribution < -0.4 is 5.32 Å². The molecule has 8 heteroatoms. The fourth-order valence-electron chi connectivity index (χ4n) is 1.40. The van der Waals surface area contributed by atoms with Gasteiger partial charge in [0.1, 0.15) is 23.6 Å². The Hall–Kier alpha value is -2.69. The summed E-state index contributed by atoms with van der Waals surface area (Å²) in [6.07, 6.45) is 1.40. The molecule has 8 nitrogen and oxygen atoms in total. The second-order valence-electron chi connectivity index (χ2n) is 3.94. The number of carboxylic acid groups (broad SMARTS) is 1. The van der Waals surface area contributed by atoms with Gasteiger partial charge in [-0.05, 0) is 13.3 Å². The lowest BCUT2D eigenvalue weighted by Crippen LogP contribution is -2.18. The molecule has 0 saturated heterocycles. The molecule has 1 aromatic rings. The third kappa shape index (κ3) is 4.23. The van der Waals surface area contributed by atoms with Crippen molar-refractivity contribution in [2.75, 3.05) is 5.32 Å². The van der Waals surface area contributed by atoms with Crippen LogP contribution in [0.25, 0.3) is 0 Å². The van der Waals surface area contributed by atoms with Crippen LogP contribution in [0.3, 0.4) is 0 Å². The topological polar surface area (TPSA) is 129 Å². The van der Waals surface area contributed by atoms with Crippen molar-refractivity contribution in [2.24, 2.45) is 0 Å². The quantitative estimate of drug-likeness (QED) is 0.588. The Morgan fingerprint density at radius 3 is 2.95 bits per heavy atom. The molecule has 1 unspecified atom stereocenters. The summed E-state index contributed by atoms with van der Waals surface area (Å²) >= 11 is 0. The van der Waals surface area contributed by atoms with Crippen LogP contribution in [-0.4, -0.2) is 27.0 Å². The van der Waals surface area contributed by atoms with E-state index in [4.69, 9.17) is 10.4 Å². The van der Waals surface area contributed by atoms with E-state index in [1.165, 1.54) is 0 Å². The van der Waals surface area contributed by atoms with Crippen molar-refractivity contribution in [2.45, 2.75) is 25.8 Å². The molecule has 1 aromatic heterocycles. The van der Waals surface area contributed by atoms with E-state index in [9.17, 15) is 14.9 Å². The first-order valence-corrected chi connectivity index (χ1v) is 5.47. The lowest BCUT2D eigenvalue weighted by molar-refractivity contribution is -0.385. The fourth-order valence-corrected chi connectivity index (χ4v) is 1.40. The molecule has 0 fully saturated rings. The van der Waals surface area contributed by atoms with Gasteiger partial charge in [0, 0.05) is 18.5 Å². The molecule has 1 heterocycles. The molecule has 1 rings (SSSR count). The number of nitro groups is 1. The maximum absolute atomic E-state index is 10.6. The van der Waals surface area contributed by atoms with Crippen molar-refractivity contribution in [3.8, 4) is 6.07 Å². The summed E-state index contributed by atoms with van der Waals surface area (Å²) in [5.74, 6) is -0.697. The Labute approximate surface area is 108 Å². The van der Waals surface area contributed by atoms with Gasteiger partial charge in [-0.1, -0.05) is 0 Å². The van der Waals surface area contributed by atoms with Crippen LogP contribution in [0.4, 0.5) is 11.5 Å². The highest BCUT2D eigenvalue weighted by molar-refractivity contribution is 5.66. The number of aliphatic carboxylic acids is 1. The average molecular weight is 264 g/mol. The monoisotopic (exact) mass is 264 g/mol. The van der Waals surface area contributed by atoms with E-state index in [1.54, 1.807) is 6.92 Å². The van der Waals surface area contributed by atoms with Crippen LogP contribution in [0.5, 0.6) is 0 Å². The first kappa shape index (κ1) is 14.4. The number of pyridine rings is 1. The Kier molecular flexibility index (Phi) is 4.76. The molecule has 0 radical (unpaired) electrons. The number of carboxylic acids is 1. The van der Waals surface area contributed by atoms with Crippen molar-refractivity contribution in [1.29, 1.82) is 5.26 Å². The summed E-state index contributed by atoms with van der Waals surface area (Å²) in [6.45, 7) is 1.74. The number of nitrogens with one attached hydrogen (secondary N) is 1. The normalized spacial score (nSPS) is 11.4. The van der Waals surface area contributed by atoms with Crippen molar-refractivity contribution in [3.05, 3.63) is 27.9 Å². The molecular weight excluding hydrogens is 252 g/mol. The van der Waals surface area contributed by atoms with Gasteiger partial charge in [0.05, 0.1) is 4.92 Å². The number of aromatic nitrogens is 1. The number of hydrogen-bond donors (Lipinski definition) is 2. The molecule has 100 valence electrons. The Morgan fingerprint density at radius 1 is 1.74 bits per heavy atom. The van der Waals surface area contributed by atoms with E-state index >= 15 is 0 Å². The molecule has 0 aliphatic heterocycles. The lowest BCUT2D eigenvalue weighted by Gasteiger charge is -2.13. The average Bonchev–Trinajstić information content (AvgIpc) is 2.36. The van der Waals surface area contributed by atoms with Crippen LogP contribution in [0.15, 0.2) is 12.3 Å². The van der Waals surface area contributed by atoms with Crippen molar-refractivity contribution in [1.82, 2.24) is 4.98 Å². The van der Waals surface area contributed by atoms with Gasteiger partial charge in [-0.25, -0.2) is 4.98 Å². The van der Waals surface area contributed by atoms with E-state index in [0.717, 1.165) is 12.3 Å². The molecular formula is C11H12N4O4. The van der Waals surface area contributed by atoms with Gasteiger partial charge in [-0.15, -0.1) is 0 Å². The number of rotatable bonds is 6. The minimum Gasteiger partial charge on any atom is -0.481 e. The van der Waals surface area contributed by atoms with Gasteiger partial charge in [0.15, 0.2) is 0 Å². The zero-order valence-corrected chi connectivity index (χ0v) is 10.2. The van der Waals surface area contributed by atoms with Crippen molar-refractivity contribution in [3.63, 3.8) is 0 Å². The van der Waals surface area contributed by atoms with Gasteiger partial charge >= 0.3 is 5.97 Å². The van der Waals surface area contributed by atoms with Gasteiger partial charge in [0.2, 0.25) is 0 Å². The minimum atomic E-state index is -0.911. The van der Waals surface area contributed by atoms with Gasteiger partial charge < -0.3 is 10.4 Å². The summed E-state index contributed by atoms with van der Waals surface area (Å²) in [4.78, 5) is 24.2. The van der Waals surface area contributed by atoms with E-state index in [-0.39, 0.29) is 29.5 Å². The molecule has 0 bridgehead atoms. The van der Waals surface area contributed by atoms with Gasteiger partial charge in [0.25, 0.3) is 5.69 Å². The van der Waals surface area contributed by atoms with Gasteiger partial charge in [-0.2, -0.15) is 5.26 Å². The molecule has 0 saturated carbocycles. The maximum atomic E-state index is 10.6. The molecule has 0 aliphatic carbocycles. The number of anilines is 1. The van der Waals surface area contributed by atoms with Crippen molar-refractivity contribution >= 4 is 17.5 Å². The number of nitrogens with zero attached hydrogens (tertiary/aromatic N) is 3. The van der Waals surface area contributed by atoms with Crippen LogP contribution in [0.2, 0.25) is 0 Å². The van der Waals surface area contributed by atoms with Crippen LogP contribution in [0, 0.1) is 21.4 Å². The molecule has 2 N–H and O–H groups in total. The number of carbonyl (C=O) groups is 1. The number of hydrogen-bond acceptors (Lipinski definition) is 6. The second-order valence-corrected chi connectivity index (χ2v) is 3.94. The first-order valence-electron chi connectivity index (χ1n) is 5.47. The van der Waals surface area contributed by atoms with Gasteiger partial charge in [-0.3, -0.25) is 14.9 Å². The van der Waals surface area contributed by atoms with E-state index in [1.807, 2.05) is 6.07 Å².